The van der Waals surface area contributed by atoms with Gasteiger partial charge in [-0.1, -0.05) is 6.42 Å². The van der Waals surface area contributed by atoms with Crippen molar-refractivity contribution in [2.24, 2.45) is 30.0 Å². The summed E-state index contributed by atoms with van der Waals surface area (Å²) in [6, 6.07) is 7.00. The molecule has 0 aromatic carbocycles. The molecular weight excluding hydrogens is 408 g/mol. The molecule has 2 saturated carbocycles. The lowest BCUT2D eigenvalue weighted by Gasteiger charge is -2.58. The number of nitrogens with zero attached hydrogens (tertiary/aromatic N) is 4. The van der Waals surface area contributed by atoms with E-state index in [2.05, 4.69) is 20.4 Å². The molecule has 1 spiro atoms. The summed E-state index contributed by atoms with van der Waals surface area (Å²) >= 11 is 0. The second-order valence-corrected chi connectivity index (χ2v) is 8.66. The second-order valence-electron chi connectivity index (χ2n) is 8.66. The number of primary amides is 1. The lowest BCUT2D eigenvalue weighted by atomic mass is 9.45. The van der Waals surface area contributed by atoms with E-state index in [-0.39, 0.29) is 17.2 Å². The maximum atomic E-state index is 12.9. The number of rotatable bonds is 6. The Bertz CT molecular complexity index is 1170. The lowest BCUT2D eigenvalue weighted by Crippen LogP contribution is -2.60. The highest BCUT2D eigenvalue weighted by Gasteiger charge is 2.61. The van der Waals surface area contributed by atoms with Crippen molar-refractivity contribution in [1.82, 2.24) is 19.7 Å². The van der Waals surface area contributed by atoms with Gasteiger partial charge in [-0.05, 0) is 42.9 Å². The SMILES string of the molecule is Cn1cc(-c2cc(Oc3ccc(NC(=O)C4C(C(N)=O)CC45CCC5)nc3)ccn2)cn1. The number of pyridine rings is 2. The summed E-state index contributed by atoms with van der Waals surface area (Å²) in [4.78, 5) is 33.2. The van der Waals surface area contributed by atoms with E-state index in [0.29, 0.717) is 23.7 Å². The fourth-order valence-corrected chi connectivity index (χ4v) is 4.86. The minimum atomic E-state index is -0.401. The minimum absolute atomic E-state index is 0.0554. The van der Waals surface area contributed by atoms with Crippen LogP contribution in [-0.4, -0.2) is 31.6 Å². The Balaban J connectivity index is 1.25. The van der Waals surface area contributed by atoms with E-state index in [4.69, 9.17) is 10.5 Å². The first kappa shape index (κ1) is 20.2. The van der Waals surface area contributed by atoms with E-state index < -0.39 is 11.8 Å². The molecule has 0 saturated heterocycles. The van der Waals surface area contributed by atoms with Crippen LogP contribution in [0, 0.1) is 17.3 Å². The quantitative estimate of drug-likeness (QED) is 0.617. The molecular formula is C23H24N6O3. The molecule has 0 radical (unpaired) electrons. The van der Waals surface area contributed by atoms with Gasteiger partial charge >= 0.3 is 0 Å². The normalized spacial score (nSPS) is 20.8. The molecule has 2 aliphatic carbocycles. The van der Waals surface area contributed by atoms with Gasteiger partial charge in [-0.15, -0.1) is 0 Å². The van der Waals surface area contributed by atoms with Gasteiger partial charge < -0.3 is 15.8 Å². The molecule has 9 heteroatoms. The first-order chi connectivity index (χ1) is 15.4. The number of aryl methyl sites for hydroxylation is 1. The fourth-order valence-electron chi connectivity index (χ4n) is 4.86. The van der Waals surface area contributed by atoms with Gasteiger partial charge in [0.15, 0.2) is 0 Å². The summed E-state index contributed by atoms with van der Waals surface area (Å²) < 4.78 is 7.60. The summed E-state index contributed by atoms with van der Waals surface area (Å²) in [5.41, 5.74) is 7.09. The van der Waals surface area contributed by atoms with Crippen molar-refractivity contribution >= 4 is 17.6 Å². The van der Waals surface area contributed by atoms with Crippen molar-refractivity contribution in [3.63, 3.8) is 0 Å². The molecule has 2 atom stereocenters. The van der Waals surface area contributed by atoms with E-state index >= 15 is 0 Å². The maximum Gasteiger partial charge on any atom is 0.230 e. The van der Waals surface area contributed by atoms with E-state index in [0.717, 1.165) is 30.5 Å². The van der Waals surface area contributed by atoms with Crippen LogP contribution < -0.4 is 15.8 Å². The number of anilines is 1. The van der Waals surface area contributed by atoms with Gasteiger partial charge in [0.05, 0.1) is 29.9 Å². The van der Waals surface area contributed by atoms with Gasteiger partial charge in [0, 0.05) is 31.1 Å². The van der Waals surface area contributed by atoms with Crippen LogP contribution >= 0.6 is 0 Å². The van der Waals surface area contributed by atoms with Crippen LogP contribution in [0.4, 0.5) is 5.82 Å². The fraction of sp³-hybridized carbons (Fsp3) is 0.348. The zero-order valence-electron chi connectivity index (χ0n) is 17.7. The molecule has 3 aromatic rings. The Hall–Kier alpha value is -3.75. The van der Waals surface area contributed by atoms with Crippen LogP contribution in [0.3, 0.4) is 0 Å². The predicted octanol–water partition coefficient (Wildman–Crippen LogP) is 2.90. The van der Waals surface area contributed by atoms with Crippen molar-refractivity contribution in [3.8, 4) is 22.8 Å². The van der Waals surface area contributed by atoms with Crippen LogP contribution in [0.5, 0.6) is 11.5 Å². The molecule has 0 aliphatic heterocycles. The number of hydrogen-bond acceptors (Lipinski definition) is 6. The third-order valence-corrected chi connectivity index (χ3v) is 6.64. The maximum absolute atomic E-state index is 12.9. The molecule has 0 bridgehead atoms. The molecule has 3 N–H and O–H groups in total. The Morgan fingerprint density at radius 3 is 2.66 bits per heavy atom. The molecule has 2 amide bonds. The highest BCUT2D eigenvalue weighted by atomic mass is 16.5. The van der Waals surface area contributed by atoms with Crippen LogP contribution in [0.2, 0.25) is 0 Å². The second kappa shape index (κ2) is 7.74. The van der Waals surface area contributed by atoms with E-state index in [1.807, 2.05) is 19.3 Å². The van der Waals surface area contributed by atoms with Crippen molar-refractivity contribution in [2.75, 3.05) is 5.32 Å². The zero-order valence-corrected chi connectivity index (χ0v) is 17.7. The number of carbonyl (C=O) groups is 2. The molecule has 9 nitrogen and oxygen atoms in total. The summed E-state index contributed by atoms with van der Waals surface area (Å²) in [5, 5.41) is 7.00. The van der Waals surface area contributed by atoms with E-state index in [1.165, 1.54) is 0 Å². The molecule has 3 aromatic heterocycles. The van der Waals surface area contributed by atoms with Crippen LogP contribution in [-0.2, 0) is 16.6 Å². The van der Waals surface area contributed by atoms with Gasteiger partial charge in [-0.2, -0.15) is 5.10 Å². The monoisotopic (exact) mass is 432 g/mol. The Labute approximate surface area is 185 Å². The van der Waals surface area contributed by atoms with E-state index in [1.54, 1.807) is 41.5 Å². The van der Waals surface area contributed by atoms with Crippen LogP contribution in [0.25, 0.3) is 11.3 Å². The molecule has 2 aliphatic rings. The predicted molar refractivity (Wildman–Crippen MR) is 116 cm³/mol. The van der Waals surface area contributed by atoms with Gasteiger partial charge in [-0.3, -0.25) is 19.3 Å². The first-order valence-electron chi connectivity index (χ1n) is 10.6. The summed E-state index contributed by atoms with van der Waals surface area (Å²) in [6.45, 7) is 0. The highest BCUT2D eigenvalue weighted by molar-refractivity contribution is 5.97. The number of nitrogens with two attached hydrogens (primary N) is 1. The van der Waals surface area contributed by atoms with Crippen molar-refractivity contribution in [1.29, 1.82) is 0 Å². The summed E-state index contributed by atoms with van der Waals surface area (Å²) in [6.07, 6.45) is 10.6. The average Bonchev–Trinajstić information content (AvgIpc) is 3.14. The Morgan fingerprint density at radius 2 is 2.03 bits per heavy atom. The first-order valence-corrected chi connectivity index (χ1v) is 10.6. The third-order valence-electron chi connectivity index (χ3n) is 6.64. The molecule has 2 fully saturated rings. The van der Waals surface area contributed by atoms with Gasteiger partial charge in [0.2, 0.25) is 11.8 Å². The number of nitrogens with one attached hydrogen (secondary N) is 1. The Morgan fingerprint density at radius 1 is 1.19 bits per heavy atom. The molecule has 32 heavy (non-hydrogen) atoms. The largest absolute Gasteiger partial charge is 0.456 e. The number of hydrogen-bond donors (Lipinski definition) is 2. The topological polar surface area (TPSA) is 125 Å². The average molecular weight is 432 g/mol. The lowest BCUT2D eigenvalue weighted by molar-refractivity contribution is -0.161. The highest BCUT2D eigenvalue weighted by Crippen LogP contribution is 2.62. The smallest absolute Gasteiger partial charge is 0.230 e. The number of amides is 2. The standard InChI is InChI=1S/C23H24N6O3/c1-29-13-14(11-27-29)18-9-15(5-8-25-18)32-16-3-4-19(26-12-16)28-22(31)20-17(21(24)30)10-23(20)6-2-7-23/h3-5,8-9,11-13,17,20H,2,6-7,10H2,1H3,(H2,24,30)(H,26,28,31). The summed E-state index contributed by atoms with van der Waals surface area (Å²) in [7, 11) is 1.85. The van der Waals surface area contributed by atoms with E-state index in [9.17, 15) is 9.59 Å². The Kier molecular flexibility index (Phi) is 4.88. The molecule has 5 rings (SSSR count). The number of aromatic nitrogens is 4. The molecule has 2 unspecified atom stereocenters. The van der Waals surface area contributed by atoms with Crippen molar-refractivity contribution in [3.05, 3.63) is 49.1 Å². The summed E-state index contributed by atoms with van der Waals surface area (Å²) in [5.74, 6) is 0.215. The van der Waals surface area contributed by atoms with Gasteiger partial charge in [0.25, 0.3) is 0 Å². The van der Waals surface area contributed by atoms with Crippen LogP contribution in [0.1, 0.15) is 25.7 Å². The minimum Gasteiger partial charge on any atom is -0.456 e. The van der Waals surface area contributed by atoms with Gasteiger partial charge in [-0.25, -0.2) is 4.98 Å². The van der Waals surface area contributed by atoms with Gasteiger partial charge in [0.1, 0.15) is 17.3 Å². The van der Waals surface area contributed by atoms with Crippen molar-refractivity contribution < 1.29 is 14.3 Å². The van der Waals surface area contributed by atoms with Crippen molar-refractivity contribution in [2.45, 2.75) is 25.7 Å². The molecule has 164 valence electrons. The zero-order chi connectivity index (χ0) is 22.3. The third kappa shape index (κ3) is 3.59. The number of carbonyl (C=O) groups excluding carboxylic acids is 2. The number of ether oxygens (including phenoxy) is 1. The van der Waals surface area contributed by atoms with Crippen LogP contribution in [0.15, 0.2) is 49.1 Å². The molecule has 3 heterocycles.